The molecule has 0 spiro atoms. The maximum atomic E-state index is 12.2. The lowest BCUT2D eigenvalue weighted by atomic mass is 9.99. The summed E-state index contributed by atoms with van der Waals surface area (Å²) >= 11 is 0. The van der Waals surface area contributed by atoms with Crippen LogP contribution in [0.2, 0.25) is 0 Å². The zero-order chi connectivity index (χ0) is 16.5. The van der Waals surface area contributed by atoms with Crippen LogP contribution in [0.15, 0.2) is 18.2 Å². The Labute approximate surface area is 135 Å². The van der Waals surface area contributed by atoms with Crippen molar-refractivity contribution in [2.75, 3.05) is 6.54 Å². The molecule has 0 aliphatic rings. The number of unbranched alkanes of at least 4 members (excludes halogenated alkanes) is 1. The van der Waals surface area contributed by atoms with Crippen LogP contribution in [-0.4, -0.2) is 18.6 Å². The van der Waals surface area contributed by atoms with Crippen molar-refractivity contribution in [1.82, 2.24) is 5.32 Å². The summed E-state index contributed by atoms with van der Waals surface area (Å²) < 4.78 is 5.80. The van der Waals surface area contributed by atoms with E-state index in [2.05, 4.69) is 25.2 Å². The molecule has 0 aromatic heterocycles. The lowest BCUT2D eigenvalue weighted by molar-refractivity contribution is -0.127. The molecule has 0 heterocycles. The zero-order valence-electron chi connectivity index (χ0n) is 14.7. The molecule has 1 amide bonds. The summed E-state index contributed by atoms with van der Waals surface area (Å²) in [5, 5.41) is 3.03. The number of carbonyl (C=O) groups is 1. The van der Waals surface area contributed by atoms with Crippen LogP contribution in [0.5, 0.6) is 5.75 Å². The van der Waals surface area contributed by atoms with E-state index in [0.717, 1.165) is 24.3 Å². The molecule has 124 valence electrons. The number of benzene rings is 1. The van der Waals surface area contributed by atoms with Gasteiger partial charge in [0, 0.05) is 6.54 Å². The minimum atomic E-state index is -0.468. The molecule has 0 radical (unpaired) electrons. The number of hydrogen-bond donors (Lipinski definition) is 1. The molecule has 0 bridgehead atoms. The van der Waals surface area contributed by atoms with Crippen LogP contribution in [0.25, 0.3) is 0 Å². The Balaban J connectivity index is 2.47. The maximum absolute atomic E-state index is 12.2. The topological polar surface area (TPSA) is 38.3 Å². The van der Waals surface area contributed by atoms with Crippen molar-refractivity contribution in [3.8, 4) is 5.75 Å². The van der Waals surface area contributed by atoms with Gasteiger partial charge in [-0.25, -0.2) is 0 Å². The Morgan fingerprint density at radius 3 is 2.59 bits per heavy atom. The summed E-state index contributed by atoms with van der Waals surface area (Å²) in [6.07, 6.45) is 4.25. The normalized spacial score (nSPS) is 13.5. The number of carbonyl (C=O) groups excluding carboxylic acids is 1. The third-order valence-electron chi connectivity index (χ3n) is 4.11. The lowest BCUT2D eigenvalue weighted by Gasteiger charge is -2.19. The molecule has 3 nitrogen and oxygen atoms in total. The number of nitrogens with one attached hydrogen (secondary N) is 1. The average molecular weight is 305 g/mol. The first-order valence-electron chi connectivity index (χ1n) is 8.49. The van der Waals surface area contributed by atoms with Crippen LogP contribution in [0.3, 0.4) is 0 Å². The van der Waals surface area contributed by atoms with Crippen molar-refractivity contribution in [3.05, 3.63) is 29.3 Å². The van der Waals surface area contributed by atoms with Crippen LogP contribution < -0.4 is 10.1 Å². The smallest absolute Gasteiger partial charge is 0.260 e. The maximum Gasteiger partial charge on any atom is 0.260 e. The van der Waals surface area contributed by atoms with Gasteiger partial charge in [0.2, 0.25) is 0 Å². The summed E-state index contributed by atoms with van der Waals surface area (Å²) in [4.78, 5) is 12.2. The molecular weight excluding hydrogens is 274 g/mol. The van der Waals surface area contributed by atoms with E-state index in [9.17, 15) is 4.79 Å². The van der Waals surface area contributed by atoms with E-state index in [1.54, 1.807) is 0 Å². The molecule has 0 fully saturated rings. The third kappa shape index (κ3) is 6.08. The Hall–Kier alpha value is -1.51. The van der Waals surface area contributed by atoms with E-state index in [-0.39, 0.29) is 5.91 Å². The van der Waals surface area contributed by atoms with E-state index < -0.39 is 6.10 Å². The highest BCUT2D eigenvalue weighted by molar-refractivity contribution is 5.80. The molecule has 1 N–H and O–H groups in total. The molecule has 0 saturated carbocycles. The predicted molar refractivity (Wildman–Crippen MR) is 92.3 cm³/mol. The molecule has 1 aromatic carbocycles. The third-order valence-corrected chi connectivity index (χ3v) is 4.11. The van der Waals surface area contributed by atoms with Gasteiger partial charge in [-0.05, 0) is 44.7 Å². The molecule has 0 aliphatic carbocycles. The molecule has 0 aliphatic heterocycles. The number of amides is 1. The van der Waals surface area contributed by atoms with Crippen molar-refractivity contribution in [3.63, 3.8) is 0 Å². The van der Waals surface area contributed by atoms with Gasteiger partial charge in [-0.2, -0.15) is 0 Å². The minimum absolute atomic E-state index is 0.0325. The first kappa shape index (κ1) is 18.5. The van der Waals surface area contributed by atoms with E-state index in [0.29, 0.717) is 5.92 Å². The van der Waals surface area contributed by atoms with Crippen molar-refractivity contribution in [2.24, 2.45) is 5.92 Å². The van der Waals surface area contributed by atoms with Gasteiger partial charge in [-0.1, -0.05) is 50.8 Å². The van der Waals surface area contributed by atoms with Crippen LogP contribution >= 0.6 is 0 Å². The quantitative estimate of drug-likeness (QED) is 0.734. The van der Waals surface area contributed by atoms with Gasteiger partial charge in [0.1, 0.15) is 5.75 Å². The Kier molecular flexibility index (Phi) is 8.00. The SMILES string of the molecule is CCCC[C@@H](CC)CNC(=O)[C@@H](C)Oc1ccc(C)cc1C. The summed E-state index contributed by atoms with van der Waals surface area (Å²) in [6.45, 7) is 11.0. The number of aryl methyl sites for hydroxylation is 2. The Morgan fingerprint density at radius 2 is 2.00 bits per heavy atom. The molecule has 3 heteroatoms. The van der Waals surface area contributed by atoms with Crippen molar-refractivity contribution >= 4 is 5.91 Å². The standard InChI is InChI=1S/C19H31NO2/c1-6-8-9-17(7-2)13-20-19(21)16(5)22-18-11-10-14(3)12-15(18)4/h10-12,16-17H,6-9,13H2,1-5H3,(H,20,21)/t16-,17-/m1/s1. The van der Waals surface area contributed by atoms with Gasteiger partial charge in [0.25, 0.3) is 5.91 Å². The highest BCUT2D eigenvalue weighted by Crippen LogP contribution is 2.20. The highest BCUT2D eigenvalue weighted by atomic mass is 16.5. The molecule has 1 aromatic rings. The van der Waals surface area contributed by atoms with Gasteiger partial charge < -0.3 is 10.1 Å². The molecular formula is C19H31NO2. The number of hydrogen-bond acceptors (Lipinski definition) is 2. The van der Waals surface area contributed by atoms with Crippen LogP contribution in [-0.2, 0) is 4.79 Å². The average Bonchev–Trinajstić information content (AvgIpc) is 2.49. The first-order valence-corrected chi connectivity index (χ1v) is 8.49. The minimum Gasteiger partial charge on any atom is -0.481 e. The molecule has 22 heavy (non-hydrogen) atoms. The summed E-state index contributed by atoms with van der Waals surface area (Å²) in [7, 11) is 0. The zero-order valence-corrected chi connectivity index (χ0v) is 14.7. The van der Waals surface area contributed by atoms with Crippen LogP contribution in [0.4, 0.5) is 0 Å². The van der Waals surface area contributed by atoms with Gasteiger partial charge in [0.05, 0.1) is 0 Å². The Bertz CT molecular complexity index is 471. The van der Waals surface area contributed by atoms with E-state index in [1.807, 2.05) is 32.9 Å². The van der Waals surface area contributed by atoms with Gasteiger partial charge >= 0.3 is 0 Å². The fourth-order valence-corrected chi connectivity index (χ4v) is 2.51. The highest BCUT2D eigenvalue weighted by Gasteiger charge is 2.16. The van der Waals surface area contributed by atoms with Crippen molar-refractivity contribution in [1.29, 1.82) is 0 Å². The van der Waals surface area contributed by atoms with E-state index in [1.165, 1.54) is 24.8 Å². The second-order valence-electron chi connectivity index (χ2n) is 6.19. The van der Waals surface area contributed by atoms with Crippen LogP contribution in [0.1, 0.15) is 57.6 Å². The molecule has 2 atom stereocenters. The van der Waals surface area contributed by atoms with Crippen molar-refractivity contribution < 1.29 is 9.53 Å². The van der Waals surface area contributed by atoms with Crippen molar-refractivity contribution in [2.45, 2.75) is 66.4 Å². The number of rotatable bonds is 9. The van der Waals surface area contributed by atoms with Gasteiger partial charge in [-0.15, -0.1) is 0 Å². The number of ether oxygens (including phenoxy) is 1. The van der Waals surface area contributed by atoms with Gasteiger partial charge in [0.15, 0.2) is 6.10 Å². The predicted octanol–water partition coefficient (Wildman–Crippen LogP) is 4.40. The fraction of sp³-hybridized carbons (Fsp3) is 0.632. The molecule has 1 rings (SSSR count). The second-order valence-corrected chi connectivity index (χ2v) is 6.19. The second kappa shape index (κ2) is 9.50. The van der Waals surface area contributed by atoms with E-state index in [4.69, 9.17) is 4.74 Å². The summed E-state index contributed by atoms with van der Waals surface area (Å²) in [6, 6.07) is 6.01. The monoisotopic (exact) mass is 305 g/mol. The molecule has 0 saturated heterocycles. The largest absolute Gasteiger partial charge is 0.481 e. The molecule has 0 unspecified atom stereocenters. The Morgan fingerprint density at radius 1 is 1.27 bits per heavy atom. The van der Waals surface area contributed by atoms with Gasteiger partial charge in [-0.3, -0.25) is 4.79 Å². The lowest BCUT2D eigenvalue weighted by Crippen LogP contribution is -2.38. The summed E-state index contributed by atoms with van der Waals surface area (Å²) in [5.74, 6) is 1.32. The fourth-order valence-electron chi connectivity index (χ4n) is 2.51. The first-order chi connectivity index (χ1) is 10.5. The van der Waals surface area contributed by atoms with Crippen LogP contribution in [0, 0.1) is 19.8 Å². The van der Waals surface area contributed by atoms with E-state index >= 15 is 0 Å². The summed E-state index contributed by atoms with van der Waals surface area (Å²) in [5.41, 5.74) is 2.26.